The summed E-state index contributed by atoms with van der Waals surface area (Å²) in [7, 11) is 0. The second-order valence-electron chi connectivity index (χ2n) is 6.42. The molecule has 0 aliphatic heterocycles. The van der Waals surface area contributed by atoms with Crippen molar-refractivity contribution in [1.29, 1.82) is 0 Å². The van der Waals surface area contributed by atoms with Crippen LogP contribution in [0.5, 0.6) is 0 Å². The Hall–Kier alpha value is -2.11. The van der Waals surface area contributed by atoms with Crippen LogP contribution in [0, 0.1) is 0 Å². The summed E-state index contributed by atoms with van der Waals surface area (Å²) in [5.41, 5.74) is 1.65. The van der Waals surface area contributed by atoms with E-state index in [0.717, 1.165) is 29.5 Å². The first kappa shape index (κ1) is 17.3. The molecule has 0 bridgehead atoms. The SMILES string of the molecule is C[C@@H](Sc1nnc(C2CC2)n1-c1ccccc1)C(=O)c1cccc(Cl)c1. The van der Waals surface area contributed by atoms with Gasteiger partial charge in [0.05, 0.1) is 5.25 Å². The van der Waals surface area contributed by atoms with Crippen LogP contribution in [0.25, 0.3) is 5.69 Å². The Morgan fingerprint density at radius 3 is 2.62 bits per heavy atom. The molecule has 1 fully saturated rings. The highest BCUT2D eigenvalue weighted by atomic mass is 35.5. The van der Waals surface area contributed by atoms with Gasteiger partial charge in [-0.05, 0) is 44.0 Å². The second kappa shape index (κ2) is 7.25. The predicted molar refractivity (Wildman–Crippen MR) is 104 cm³/mol. The Labute approximate surface area is 161 Å². The Morgan fingerprint density at radius 1 is 1.15 bits per heavy atom. The lowest BCUT2D eigenvalue weighted by molar-refractivity contribution is 0.0994. The molecule has 1 aliphatic carbocycles. The first-order valence-corrected chi connectivity index (χ1v) is 9.86. The van der Waals surface area contributed by atoms with E-state index in [1.807, 2.05) is 37.3 Å². The van der Waals surface area contributed by atoms with E-state index in [-0.39, 0.29) is 11.0 Å². The van der Waals surface area contributed by atoms with E-state index in [0.29, 0.717) is 16.5 Å². The summed E-state index contributed by atoms with van der Waals surface area (Å²) in [6.07, 6.45) is 2.29. The van der Waals surface area contributed by atoms with E-state index < -0.39 is 0 Å². The highest BCUT2D eigenvalue weighted by Gasteiger charge is 2.32. The topological polar surface area (TPSA) is 47.8 Å². The van der Waals surface area contributed by atoms with E-state index in [2.05, 4.69) is 14.8 Å². The predicted octanol–water partition coefficient (Wildman–Crippen LogP) is 5.16. The molecule has 0 saturated heterocycles. The van der Waals surface area contributed by atoms with E-state index in [9.17, 15) is 4.79 Å². The number of nitrogens with zero attached hydrogens (tertiary/aromatic N) is 3. The lowest BCUT2D eigenvalue weighted by Gasteiger charge is -2.13. The van der Waals surface area contributed by atoms with Gasteiger partial charge in [-0.25, -0.2) is 0 Å². The van der Waals surface area contributed by atoms with Crippen LogP contribution in [0.1, 0.15) is 41.9 Å². The quantitative estimate of drug-likeness (QED) is 0.435. The third-order valence-electron chi connectivity index (χ3n) is 4.38. The molecule has 1 heterocycles. The smallest absolute Gasteiger partial charge is 0.196 e. The van der Waals surface area contributed by atoms with Crippen molar-refractivity contribution in [3.05, 3.63) is 71.0 Å². The van der Waals surface area contributed by atoms with Crippen LogP contribution in [0.15, 0.2) is 59.8 Å². The number of hydrogen-bond donors (Lipinski definition) is 0. The van der Waals surface area contributed by atoms with Gasteiger partial charge >= 0.3 is 0 Å². The molecule has 0 unspecified atom stereocenters. The van der Waals surface area contributed by atoms with Crippen LogP contribution in [0.3, 0.4) is 0 Å². The molecular weight excluding hydrogens is 366 g/mol. The first-order chi connectivity index (χ1) is 12.6. The van der Waals surface area contributed by atoms with Gasteiger partial charge < -0.3 is 0 Å². The molecular formula is C20H18ClN3OS. The fraction of sp³-hybridized carbons (Fsp3) is 0.250. The van der Waals surface area contributed by atoms with Crippen molar-refractivity contribution in [3.63, 3.8) is 0 Å². The van der Waals surface area contributed by atoms with Crippen molar-refractivity contribution in [2.45, 2.75) is 36.1 Å². The van der Waals surface area contributed by atoms with Crippen LogP contribution in [0.4, 0.5) is 0 Å². The summed E-state index contributed by atoms with van der Waals surface area (Å²) < 4.78 is 2.09. The van der Waals surface area contributed by atoms with Crippen molar-refractivity contribution < 1.29 is 4.79 Å². The van der Waals surface area contributed by atoms with E-state index >= 15 is 0 Å². The monoisotopic (exact) mass is 383 g/mol. The van der Waals surface area contributed by atoms with Gasteiger partial charge in [-0.1, -0.05) is 53.7 Å². The molecule has 6 heteroatoms. The molecule has 0 radical (unpaired) electrons. The Kier molecular flexibility index (Phi) is 4.83. The van der Waals surface area contributed by atoms with Gasteiger partial charge in [-0.2, -0.15) is 0 Å². The maximum atomic E-state index is 12.8. The van der Waals surface area contributed by atoms with E-state index in [1.54, 1.807) is 24.3 Å². The zero-order chi connectivity index (χ0) is 18.1. The summed E-state index contributed by atoms with van der Waals surface area (Å²) in [5.74, 6) is 1.49. The number of Topliss-reactive ketones (excluding diaryl/α,β-unsaturated/α-hetero) is 1. The minimum atomic E-state index is -0.285. The Morgan fingerprint density at radius 2 is 1.92 bits per heavy atom. The van der Waals surface area contributed by atoms with Crippen molar-refractivity contribution in [2.75, 3.05) is 0 Å². The van der Waals surface area contributed by atoms with Crippen molar-refractivity contribution in [3.8, 4) is 5.69 Å². The Bertz CT molecular complexity index is 937. The summed E-state index contributed by atoms with van der Waals surface area (Å²) in [5, 5.41) is 9.83. The number of ketones is 1. The fourth-order valence-electron chi connectivity index (χ4n) is 2.87. The normalized spacial score (nSPS) is 15.0. The maximum Gasteiger partial charge on any atom is 0.196 e. The fourth-order valence-corrected chi connectivity index (χ4v) is 4.01. The minimum Gasteiger partial charge on any atom is -0.293 e. The lowest BCUT2D eigenvalue weighted by Crippen LogP contribution is -2.14. The maximum absolute atomic E-state index is 12.8. The van der Waals surface area contributed by atoms with Crippen molar-refractivity contribution >= 4 is 29.1 Å². The summed E-state index contributed by atoms with van der Waals surface area (Å²) >= 11 is 7.46. The van der Waals surface area contributed by atoms with E-state index in [4.69, 9.17) is 11.6 Å². The Balaban J connectivity index is 1.63. The van der Waals surface area contributed by atoms with Crippen LogP contribution in [0.2, 0.25) is 5.02 Å². The minimum absolute atomic E-state index is 0.0353. The van der Waals surface area contributed by atoms with Gasteiger partial charge in [0.2, 0.25) is 0 Å². The molecule has 26 heavy (non-hydrogen) atoms. The molecule has 1 saturated carbocycles. The first-order valence-electron chi connectivity index (χ1n) is 8.60. The molecule has 132 valence electrons. The molecule has 1 aliphatic rings. The molecule has 1 atom stereocenters. The molecule has 1 aromatic heterocycles. The summed E-state index contributed by atoms with van der Waals surface area (Å²) in [6, 6.07) is 17.1. The van der Waals surface area contributed by atoms with Gasteiger partial charge in [0.25, 0.3) is 0 Å². The van der Waals surface area contributed by atoms with Crippen LogP contribution in [-0.4, -0.2) is 25.8 Å². The third kappa shape index (κ3) is 3.55. The van der Waals surface area contributed by atoms with Crippen LogP contribution in [-0.2, 0) is 0 Å². The van der Waals surface area contributed by atoms with Gasteiger partial charge in [-0.3, -0.25) is 9.36 Å². The highest BCUT2D eigenvalue weighted by molar-refractivity contribution is 8.00. The number of carbonyl (C=O) groups excluding carboxylic acids is 1. The summed E-state index contributed by atoms with van der Waals surface area (Å²) in [4.78, 5) is 12.8. The number of rotatable bonds is 6. The number of carbonyl (C=O) groups is 1. The number of halogens is 1. The molecule has 0 spiro atoms. The number of hydrogen-bond acceptors (Lipinski definition) is 4. The van der Waals surface area contributed by atoms with Gasteiger partial charge in [-0.15, -0.1) is 10.2 Å². The zero-order valence-electron chi connectivity index (χ0n) is 14.3. The molecule has 0 N–H and O–H groups in total. The average Bonchev–Trinajstić information content (AvgIpc) is 3.42. The van der Waals surface area contributed by atoms with Gasteiger partial charge in [0.1, 0.15) is 5.82 Å². The number of thioether (sulfide) groups is 1. The molecule has 4 rings (SSSR count). The number of para-hydroxylation sites is 1. The zero-order valence-corrected chi connectivity index (χ0v) is 15.9. The van der Waals surface area contributed by atoms with Crippen molar-refractivity contribution in [2.24, 2.45) is 0 Å². The van der Waals surface area contributed by atoms with Gasteiger partial charge in [0.15, 0.2) is 10.9 Å². The highest BCUT2D eigenvalue weighted by Crippen LogP contribution is 2.41. The second-order valence-corrected chi connectivity index (χ2v) is 8.17. The molecule has 0 amide bonds. The number of benzene rings is 2. The van der Waals surface area contributed by atoms with Crippen LogP contribution < -0.4 is 0 Å². The van der Waals surface area contributed by atoms with E-state index in [1.165, 1.54) is 11.8 Å². The molecule has 2 aromatic carbocycles. The van der Waals surface area contributed by atoms with Crippen molar-refractivity contribution in [1.82, 2.24) is 14.8 Å². The third-order valence-corrected chi connectivity index (χ3v) is 5.65. The largest absolute Gasteiger partial charge is 0.293 e. The lowest BCUT2D eigenvalue weighted by atomic mass is 10.1. The molecule has 3 aromatic rings. The standard InChI is InChI=1S/C20H18ClN3OS/c1-13(18(25)15-6-5-7-16(21)12-15)26-20-23-22-19(14-10-11-14)24(20)17-8-3-2-4-9-17/h2-9,12-14H,10-11H2,1H3/t13-/m1/s1. The van der Waals surface area contributed by atoms with Gasteiger partial charge in [0, 0.05) is 22.2 Å². The molecule has 4 nitrogen and oxygen atoms in total. The number of aromatic nitrogens is 3. The summed E-state index contributed by atoms with van der Waals surface area (Å²) in [6.45, 7) is 1.90. The van der Waals surface area contributed by atoms with Crippen LogP contribution >= 0.6 is 23.4 Å². The average molecular weight is 384 g/mol.